The minimum atomic E-state index is 0.680. The second-order valence-electron chi connectivity index (χ2n) is 5.48. The number of hydrogen-bond acceptors (Lipinski definition) is 3. The summed E-state index contributed by atoms with van der Waals surface area (Å²) in [6.07, 6.45) is 2.49. The number of nitrogens with zero attached hydrogens (tertiary/aromatic N) is 1. The van der Waals surface area contributed by atoms with E-state index in [9.17, 15) is 0 Å². The maximum absolute atomic E-state index is 5.81. The zero-order valence-corrected chi connectivity index (χ0v) is 12.3. The van der Waals surface area contributed by atoms with Crippen molar-refractivity contribution in [1.29, 1.82) is 0 Å². The third-order valence-electron chi connectivity index (χ3n) is 2.89. The van der Waals surface area contributed by atoms with Crippen molar-refractivity contribution < 1.29 is 4.42 Å². The fraction of sp³-hybridized carbons (Fsp3) is 0.733. The Labute approximate surface area is 112 Å². The van der Waals surface area contributed by atoms with Crippen LogP contribution in [0.4, 0.5) is 0 Å². The van der Waals surface area contributed by atoms with E-state index >= 15 is 0 Å². The molecule has 18 heavy (non-hydrogen) atoms. The Morgan fingerprint density at radius 1 is 1.28 bits per heavy atom. The van der Waals surface area contributed by atoms with Crippen molar-refractivity contribution in [3.8, 4) is 0 Å². The summed E-state index contributed by atoms with van der Waals surface area (Å²) in [4.78, 5) is 2.31. The summed E-state index contributed by atoms with van der Waals surface area (Å²) >= 11 is 0. The van der Waals surface area contributed by atoms with E-state index in [0.29, 0.717) is 5.92 Å². The maximum atomic E-state index is 5.81. The van der Waals surface area contributed by atoms with Gasteiger partial charge in [0.25, 0.3) is 0 Å². The Morgan fingerprint density at radius 2 is 2.00 bits per heavy atom. The molecule has 0 radical (unpaired) electrons. The van der Waals surface area contributed by atoms with Gasteiger partial charge in [0.2, 0.25) is 0 Å². The van der Waals surface area contributed by atoms with Crippen LogP contribution in [0.3, 0.4) is 0 Å². The van der Waals surface area contributed by atoms with Crippen LogP contribution in [0.25, 0.3) is 0 Å². The molecule has 0 aliphatic carbocycles. The molecule has 0 aliphatic rings. The van der Waals surface area contributed by atoms with Crippen molar-refractivity contribution in [3.05, 3.63) is 23.7 Å². The van der Waals surface area contributed by atoms with Gasteiger partial charge in [0.1, 0.15) is 11.5 Å². The molecule has 104 valence electrons. The Bertz CT molecular complexity index is 320. The predicted octanol–water partition coefficient (Wildman–Crippen LogP) is 3.26. The molecule has 0 bridgehead atoms. The highest BCUT2D eigenvalue weighted by atomic mass is 16.3. The molecule has 0 spiro atoms. The van der Waals surface area contributed by atoms with Crippen molar-refractivity contribution in [2.75, 3.05) is 20.1 Å². The lowest BCUT2D eigenvalue weighted by atomic mass is 10.2. The molecule has 1 N–H and O–H groups in total. The van der Waals surface area contributed by atoms with Gasteiger partial charge in [-0.25, -0.2) is 0 Å². The van der Waals surface area contributed by atoms with Gasteiger partial charge in [-0.3, -0.25) is 4.90 Å². The molecule has 0 aliphatic heterocycles. The van der Waals surface area contributed by atoms with E-state index in [0.717, 1.165) is 37.7 Å². The van der Waals surface area contributed by atoms with E-state index in [1.165, 1.54) is 12.8 Å². The first kappa shape index (κ1) is 15.3. The Balaban J connectivity index is 2.29. The summed E-state index contributed by atoms with van der Waals surface area (Å²) in [6, 6.07) is 4.17. The Hall–Kier alpha value is -0.800. The van der Waals surface area contributed by atoms with Crippen molar-refractivity contribution in [2.24, 2.45) is 5.92 Å². The van der Waals surface area contributed by atoms with E-state index in [4.69, 9.17) is 4.42 Å². The molecular weight excluding hydrogens is 224 g/mol. The third-order valence-corrected chi connectivity index (χ3v) is 2.89. The van der Waals surface area contributed by atoms with Gasteiger partial charge in [-0.05, 0) is 44.6 Å². The molecule has 0 atom stereocenters. The van der Waals surface area contributed by atoms with Crippen LogP contribution in [0, 0.1) is 5.92 Å². The zero-order valence-electron chi connectivity index (χ0n) is 12.3. The van der Waals surface area contributed by atoms with Crippen molar-refractivity contribution in [1.82, 2.24) is 10.2 Å². The zero-order chi connectivity index (χ0) is 13.4. The molecule has 3 nitrogen and oxygen atoms in total. The van der Waals surface area contributed by atoms with Gasteiger partial charge in [-0.15, -0.1) is 0 Å². The van der Waals surface area contributed by atoms with E-state index in [1.54, 1.807) is 0 Å². The average Bonchev–Trinajstić information content (AvgIpc) is 2.73. The summed E-state index contributed by atoms with van der Waals surface area (Å²) in [5, 5.41) is 3.39. The summed E-state index contributed by atoms with van der Waals surface area (Å²) in [7, 11) is 2.15. The van der Waals surface area contributed by atoms with Crippen molar-refractivity contribution >= 4 is 0 Å². The van der Waals surface area contributed by atoms with Crippen LogP contribution >= 0.6 is 0 Å². The van der Waals surface area contributed by atoms with Gasteiger partial charge in [-0.1, -0.05) is 27.2 Å². The largest absolute Gasteiger partial charge is 0.463 e. The highest BCUT2D eigenvalue weighted by molar-refractivity contribution is 5.06. The number of unbranched alkanes of at least 4 members (excludes halogenated alkanes) is 1. The molecule has 0 saturated heterocycles. The minimum Gasteiger partial charge on any atom is -0.463 e. The normalized spacial score (nSPS) is 11.7. The van der Waals surface area contributed by atoms with Gasteiger partial charge in [-0.2, -0.15) is 0 Å². The summed E-state index contributed by atoms with van der Waals surface area (Å²) in [6.45, 7) is 10.6. The van der Waals surface area contributed by atoms with Gasteiger partial charge in [0, 0.05) is 0 Å². The van der Waals surface area contributed by atoms with Crippen molar-refractivity contribution in [2.45, 2.75) is 46.7 Å². The number of nitrogens with one attached hydrogen (secondary N) is 1. The van der Waals surface area contributed by atoms with Crippen LogP contribution in [0.2, 0.25) is 0 Å². The minimum absolute atomic E-state index is 0.680. The van der Waals surface area contributed by atoms with E-state index < -0.39 is 0 Å². The Morgan fingerprint density at radius 3 is 2.67 bits per heavy atom. The summed E-state index contributed by atoms with van der Waals surface area (Å²) < 4.78 is 5.81. The Kier molecular flexibility index (Phi) is 7.06. The highest BCUT2D eigenvalue weighted by Gasteiger charge is 2.05. The molecule has 0 fully saturated rings. The van der Waals surface area contributed by atoms with Gasteiger partial charge in [0.05, 0.1) is 13.1 Å². The van der Waals surface area contributed by atoms with E-state index in [2.05, 4.69) is 50.2 Å². The first-order valence-electron chi connectivity index (χ1n) is 7.08. The van der Waals surface area contributed by atoms with Crippen LogP contribution in [0.15, 0.2) is 16.5 Å². The lowest BCUT2D eigenvalue weighted by Gasteiger charge is -2.14. The lowest BCUT2D eigenvalue weighted by Crippen LogP contribution is -2.19. The van der Waals surface area contributed by atoms with E-state index in [-0.39, 0.29) is 0 Å². The quantitative estimate of drug-likeness (QED) is 0.731. The molecule has 1 rings (SSSR count). The topological polar surface area (TPSA) is 28.4 Å². The molecular formula is C15H28N2O. The fourth-order valence-corrected chi connectivity index (χ4v) is 1.86. The van der Waals surface area contributed by atoms with Gasteiger partial charge < -0.3 is 9.73 Å². The van der Waals surface area contributed by atoms with Crippen molar-refractivity contribution in [3.63, 3.8) is 0 Å². The molecule has 0 amide bonds. The maximum Gasteiger partial charge on any atom is 0.118 e. The third kappa shape index (κ3) is 6.22. The van der Waals surface area contributed by atoms with Gasteiger partial charge in [0.15, 0.2) is 0 Å². The number of rotatable bonds is 9. The monoisotopic (exact) mass is 252 g/mol. The highest BCUT2D eigenvalue weighted by Crippen LogP contribution is 2.10. The standard InChI is InChI=1S/C15H28N2O/c1-5-6-9-17(4)12-15-8-7-14(18-15)11-16-10-13(2)3/h7-8,13,16H,5-6,9-12H2,1-4H3. The predicted molar refractivity (Wildman–Crippen MR) is 76.5 cm³/mol. The molecule has 1 heterocycles. The van der Waals surface area contributed by atoms with Crippen LogP contribution < -0.4 is 5.32 Å². The summed E-state index contributed by atoms with van der Waals surface area (Å²) in [5.74, 6) is 2.78. The molecule has 3 heteroatoms. The number of furan rings is 1. The van der Waals surface area contributed by atoms with Crippen LogP contribution in [-0.2, 0) is 13.1 Å². The van der Waals surface area contributed by atoms with Crippen LogP contribution in [0.1, 0.15) is 45.1 Å². The first-order chi connectivity index (χ1) is 8.61. The van der Waals surface area contributed by atoms with E-state index in [1.807, 2.05) is 0 Å². The molecule has 1 aromatic heterocycles. The van der Waals surface area contributed by atoms with Gasteiger partial charge >= 0.3 is 0 Å². The molecule has 0 saturated carbocycles. The average molecular weight is 252 g/mol. The molecule has 0 unspecified atom stereocenters. The smallest absolute Gasteiger partial charge is 0.118 e. The van der Waals surface area contributed by atoms with Crippen LogP contribution in [0.5, 0.6) is 0 Å². The van der Waals surface area contributed by atoms with Crippen LogP contribution in [-0.4, -0.2) is 25.0 Å². The second-order valence-corrected chi connectivity index (χ2v) is 5.48. The second kappa shape index (κ2) is 8.33. The fourth-order valence-electron chi connectivity index (χ4n) is 1.86. The summed E-state index contributed by atoms with van der Waals surface area (Å²) in [5.41, 5.74) is 0. The SMILES string of the molecule is CCCCN(C)Cc1ccc(CNCC(C)C)o1. The molecule has 1 aromatic rings. The molecule has 0 aromatic carbocycles. The lowest BCUT2D eigenvalue weighted by molar-refractivity contribution is 0.285. The first-order valence-corrected chi connectivity index (χ1v) is 7.08. The number of hydrogen-bond donors (Lipinski definition) is 1.